The Hall–Kier alpha value is -1.05. The fourth-order valence-electron chi connectivity index (χ4n) is 0.949. The molecule has 68 valence electrons. The van der Waals surface area contributed by atoms with Gasteiger partial charge in [-0.3, -0.25) is 4.79 Å². The predicted octanol–water partition coefficient (Wildman–Crippen LogP) is 2.46. The number of hydrogen-bond donors (Lipinski definition) is 0. The van der Waals surface area contributed by atoms with Crippen LogP contribution >= 0.6 is 0 Å². The Morgan fingerprint density at radius 1 is 1.50 bits per heavy atom. The lowest BCUT2D eigenvalue weighted by molar-refractivity contribution is -0.146. The van der Waals surface area contributed by atoms with E-state index in [2.05, 4.69) is 13.2 Å². The van der Waals surface area contributed by atoms with Crippen LogP contribution < -0.4 is 0 Å². The van der Waals surface area contributed by atoms with Gasteiger partial charge in [-0.15, -0.1) is 13.2 Å². The van der Waals surface area contributed by atoms with E-state index in [4.69, 9.17) is 4.74 Å². The highest BCUT2D eigenvalue weighted by atomic mass is 16.5. The first-order valence-corrected chi connectivity index (χ1v) is 4.09. The van der Waals surface area contributed by atoms with Crippen LogP contribution in [0.1, 0.15) is 26.2 Å². The summed E-state index contributed by atoms with van der Waals surface area (Å²) in [6.07, 6.45) is 5.96. The lowest BCUT2D eigenvalue weighted by Crippen LogP contribution is -2.14. The third-order valence-corrected chi connectivity index (χ3v) is 1.45. The monoisotopic (exact) mass is 168 g/mol. The fourth-order valence-corrected chi connectivity index (χ4v) is 0.949. The molecule has 0 fully saturated rings. The van der Waals surface area contributed by atoms with E-state index < -0.39 is 0 Å². The summed E-state index contributed by atoms with van der Waals surface area (Å²) in [5.74, 6) is -0.231. The predicted molar refractivity (Wildman–Crippen MR) is 49.8 cm³/mol. The summed E-state index contributed by atoms with van der Waals surface area (Å²) in [5, 5.41) is 0. The molecular weight excluding hydrogens is 152 g/mol. The van der Waals surface area contributed by atoms with Gasteiger partial charge in [-0.25, -0.2) is 0 Å². The third-order valence-electron chi connectivity index (χ3n) is 1.45. The number of carbonyl (C=O) groups is 1. The number of rotatable bonds is 6. The summed E-state index contributed by atoms with van der Waals surface area (Å²) in [7, 11) is 0. The van der Waals surface area contributed by atoms with Crippen molar-refractivity contribution in [2.24, 2.45) is 0 Å². The zero-order chi connectivity index (χ0) is 9.40. The zero-order valence-electron chi connectivity index (χ0n) is 7.58. The van der Waals surface area contributed by atoms with Crippen molar-refractivity contribution in [1.82, 2.24) is 0 Å². The van der Waals surface area contributed by atoms with Crippen molar-refractivity contribution < 1.29 is 9.53 Å². The molecule has 0 rings (SSSR count). The molecule has 0 spiro atoms. The van der Waals surface area contributed by atoms with E-state index in [-0.39, 0.29) is 12.1 Å². The Bertz CT molecular complexity index is 161. The lowest BCUT2D eigenvalue weighted by atomic mass is 10.1. The van der Waals surface area contributed by atoms with Crippen molar-refractivity contribution in [3.8, 4) is 0 Å². The van der Waals surface area contributed by atoms with Crippen LogP contribution in [-0.2, 0) is 9.53 Å². The third kappa shape index (κ3) is 5.71. The molecule has 0 aromatic carbocycles. The molecule has 12 heavy (non-hydrogen) atoms. The van der Waals surface area contributed by atoms with Crippen LogP contribution in [0.2, 0.25) is 0 Å². The topological polar surface area (TPSA) is 26.3 Å². The van der Waals surface area contributed by atoms with Gasteiger partial charge in [0.1, 0.15) is 6.10 Å². The van der Waals surface area contributed by atoms with Gasteiger partial charge in [-0.2, -0.15) is 0 Å². The molecular formula is C10H16O2. The van der Waals surface area contributed by atoms with Crippen molar-refractivity contribution in [2.45, 2.75) is 32.3 Å². The van der Waals surface area contributed by atoms with Gasteiger partial charge in [-0.05, 0) is 12.8 Å². The second kappa shape index (κ2) is 6.65. The van der Waals surface area contributed by atoms with Gasteiger partial charge in [0.05, 0.1) is 0 Å². The molecule has 0 saturated heterocycles. The molecule has 0 radical (unpaired) electrons. The summed E-state index contributed by atoms with van der Waals surface area (Å²) >= 11 is 0. The van der Waals surface area contributed by atoms with E-state index in [0.29, 0.717) is 6.42 Å². The summed E-state index contributed by atoms with van der Waals surface area (Å²) in [5.41, 5.74) is 0. The molecule has 0 aliphatic rings. The van der Waals surface area contributed by atoms with Crippen molar-refractivity contribution in [3.63, 3.8) is 0 Å². The SMILES string of the molecule is C=CCCC(CC=C)OC(C)=O. The minimum absolute atomic E-state index is 0.0296. The minimum atomic E-state index is -0.231. The molecule has 2 nitrogen and oxygen atoms in total. The Kier molecular flexibility index (Phi) is 6.07. The molecule has 0 amide bonds. The average Bonchev–Trinajstić information content (AvgIpc) is 2.00. The van der Waals surface area contributed by atoms with Gasteiger partial charge in [-0.1, -0.05) is 12.2 Å². The first-order valence-electron chi connectivity index (χ1n) is 4.09. The maximum Gasteiger partial charge on any atom is 0.302 e. The van der Waals surface area contributed by atoms with Crippen LogP contribution in [0, 0.1) is 0 Å². The van der Waals surface area contributed by atoms with E-state index in [9.17, 15) is 4.79 Å². The van der Waals surface area contributed by atoms with E-state index in [1.807, 2.05) is 6.08 Å². The summed E-state index contributed by atoms with van der Waals surface area (Å²) in [6, 6.07) is 0. The minimum Gasteiger partial charge on any atom is -0.462 e. The molecule has 1 atom stereocenters. The Labute approximate surface area is 73.9 Å². The number of hydrogen-bond acceptors (Lipinski definition) is 2. The summed E-state index contributed by atoms with van der Waals surface area (Å²) in [6.45, 7) is 8.62. The average molecular weight is 168 g/mol. The van der Waals surface area contributed by atoms with Crippen molar-refractivity contribution in [1.29, 1.82) is 0 Å². The van der Waals surface area contributed by atoms with Crippen molar-refractivity contribution in [2.75, 3.05) is 0 Å². The molecule has 0 saturated carbocycles. The number of allylic oxidation sites excluding steroid dienone is 1. The van der Waals surface area contributed by atoms with Crippen molar-refractivity contribution in [3.05, 3.63) is 25.3 Å². The highest BCUT2D eigenvalue weighted by molar-refractivity contribution is 5.66. The van der Waals surface area contributed by atoms with Crippen LogP contribution in [0.15, 0.2) is 25.3 Å². The van der Waals surface area contributed by atoms with Crippen LogP contribution in [0.3, 0.4) is 0 Å². The molecule has 1 unspecified atom stereocenters. The maximum absolute atomic E-state index is 10.6. The van der Waals surface area contributed by atoms with E-state index in [0.717, 1.165) is 12.8 Å². The van der Waals surface area contributed by atoms with Crippen LogP contribution in [-0.4, -0.2) is 12.1 Å². The van der Waals surface area contributed by atoms with Crippen LogP contribution in [0.25, 0.3) is 0 Å². The van der Waals surface area contributed by atoms with E-state index in [1.165, 1.54) is 6.92 Å². The lowest BCUT2D eigenvalue weighted by Gasteiger charge is -2.13. The second-order valence-electron chi connectivity index (χ2n) is 2.62. The van der Waals surface area contributed by atoms with E-state index in [1.54, 1.807) is 6.08 Å². The summed E-state index contributed by atoms with van der Waals surface area (Å²) in [4.78, 5) is 10.6. The molecule has 0 bridgehead atoms. The first kappa shape index (κ1) is 11.0. The summed E-state index contributed by atoms with van der Waals surface area (Å²) < 4.78 is 5.03. The Morgan fingerprint density at radius 3 is 2.58 bits per heavy atom. The molecule has 0 aromatic heterocycles. The van der Waals surface area contributed by atoms with Gasteiger partial charge in [0.15, 0.2) is 0 Å². The molecule has 0 heterocycles. The smallest absolute Gasteiger partial charge is 0.302 e. The Morgan fingerprint density at radius 2 is 2.17 bits per heavy atom. The first-order chi connectivity index (χ1) is 5.70. The molecule has 0 aromatic rings. The van der Waals surface area contributed by atoms with E-state index >= 15 is 0 Å². The van der Waals surface area contributed by atoms with Gasteiger partial charge in [0, 0.05) is 13.3 Å². The molecule has 0 N–H and O–H groups in total. The Balaban J connectivity index is 3.75. The van der Waals surface area contributed by atoms with Gasteiger partial charge < -0.3 is 4.74 Å². The van der Waals surface area contributed by atoms with Gasteiger partial charge in [0.2, 0.25) is 0 Å². The highest BCUT2D eigenvalue weighted by Gasteiger charge is 2.08. The second-order valence-corrected chi connectivity index (χ2v) is 2.62. The number of carbonyl (C=O) groups excluding carboxylic acids is 1. The molecule has 0 aliphatic heterocycles. The number of esters is 1. The molecule has 2 heteroatoms. The number of ether oxygens (including phenoxy) is 1. The van der Waals surface area contributed by atoms with Crippen LogP contribution in [0.5, 0.6) is 0 Å². The highest BCUT2D eigenvalue weighted by Crippen LogP contribution is 2.08. The quantitative estimate of drug-likeness (QED) is 0.450. The van der Waals surface area contributed by atoms with Crippen LogP contribution in [0.4, 0.5) is 0 Å². The standard InChI is InChI=1S/C10H16O2/c1-4-6-8-10(7-5-2)12-9(3)11/h4-5,10H,1-2,6-8H2,3H3. The largest absolute Gasteiger partial charge is 0.462 e. The zero-order valence-corrected chi connectivity index (χ0v) is 7.58. The fraction of sp³-hybridized carbons (Fsp3) is 0.500. The van der Waals surface area contributed by atoms with Crippen molar-refractivity contribution >= 4 is 5.97 Å². The molecule has 0 aliphatic carbocycles. The van der Waals surface area contributed by atoms with Gasteiger partial charge >= 0.3 is 5.97 Å². The maximum atomic E-state index is 10.6. The van der Waals surface area contributed by atoms with Gasteiger partial charge in [0.25, 0.3) is 0 Å². The normalized spacial score (nSPS) is 11.8.